The molecule has 2 aromatic carbocycles. The topological polar surface area (TPSA) is 145 Å². The monoisotopic (exact) mass is 456 g/mol. The van der Waals surface area contributed by atoms with Crippen LogP contribution in [0.2, 0.25) is 0 Å². The van der Waals surface area contributed by atoms with E-state index < -0.39 is 29.5 Å². The number of carboxylic acids is 1. The third kappa shape index (κ3) is 3.93. The van der Waals surface area contributed by atoms with Gasteiger partial charge in [0.25, 0.3) is 0 Å². The lowest BCUT2D eigenvalue weighted by Crippen LogP contribution is -2.50. The maximum atomic E-state index is 13.9. The molecule has 1 fully saturated rings. The zero-order chi connectivity index (χ0) is 23.9. The Kier molecular flexibility index (Phi) is 5.40. The van der Waals surface area contributed by atoms with Gasteiger partial charge in [-0.2, -0.15) is 0 Å². The minimum atomic E-state index is -1.61. The van der Waals surface area contributed by atoms with E-state index in [2.05, 4.69) is 15.3 Å². The Bertz CT molecular complexity index is 1270. The highest BCUT2D eigenvalue weighted by Crippen LogP contribution is 2.35. The van der Waals surface area contributed by atoms with E-state index in [4.69, 9.17) is 4.74 Å². The fourth-order valence-electron chi connectivity index (χ4n) is 4.01. The van der Waals surface area contributed by atoms with Crippen LogP contribution < -0.4 is 10.1 Å². The van der Waals surface area contributed by atoms with Crippen LogP contribution in [-0.2, 0) is 4.79 Å². The van der Waals surface area contributed by atoms with Crippen LogP contribution >= 0.6 is 0 Å². The number of hydrogen-bond donors (Lipinski definition) is 4. The van der Waals surface area contributed by atoms with Crippen LogP contribution in [0.3, 0.4) is 0 Å². The highest BCUT2D eigenvalue weighted by molar-refractivity contribution is 5.92. The van der Waals surface area contributed by atoms with Crippen LogP contribution in [0.1, 0.15) is 13.3 Å². The number of aromatic nitrogens is 2. The Morgan fingerprint density at radius 3 is 2.61 bits per heavy atom. The third-order valence-corrected chi connectivity index (χ3v) is 5.78. The van der Waals surface area contributed by atoms with Crippen molar-refractivity contribution in [3.05, 3.63) is 42.2 Å². The molecule has 11 heteroatoms. The summed E-state index contributed by atoms with van der Waals surface area (Å²) in [7, 11) is 1.49. The van der Waals surface area contributed by atoms with Crippen molar-refractivity contribution in [2.24, 2.45) is 0 Å². The number of aromatic hydroxyl groups is 1. The molecule has 10 nitrogen and oxygen atoms in total. The average molecular weight is 456 g/mol. The van der Waals surface area contributed by atoms with E-state index in [-0.39, 0.29) is 35.9 Å². The van der Waals surface area contributed by atoms with Crippen molar-refractivity contribution in [2.45, 2.75) is 24.9 Å². The summed E-state index contributed by atoms with van der Waals surface area (Å²) in [4.78, 5) is 33.2. The van der Waals surface area contributed by atoms with Gasteiger partial charge in [-0.15, -0.1) is 0 Å². The summed E-state index contributed by atoms with van der Waals surface area (Å²) in [5.74, 6) is -1.23. The van der Waals surface area contributed by atoms with Gasteiger partial charge in [0.15, 0.2) is 5.82 Å². The summed E-state index contributed by atoms with van der Waals surface area (Å²) >= 11 is 0. The highest BCUT2D eigenvalue weighted by atomic mass is 19.1. The quantitative estimate of drug-likeness (QED) is 0.455. The number of nitrogens with zero attached hydrogens (tertiary/aromatic N) is 3. The molecular formula is C22H21FN4O6. The van der Waals surface area contributed by atoms with E-state index >= 15 is 0 Å². The standard InChI is InChI=1S/C22H21FN4O6/c1-22(20(29)30)9-12(10-27(22)21(31)32)24-18-14-5-4-13(33-2)8-16(14)25-19(26-18)15-7-11(23)3-6-17(15)28/h3-8,12,28H,9-10H2,1-2H3,(H,29,30)(H,31,32)(H,24,25,26). The largest absolute Gasteiger partial charge is 0.507 e. The molecule has 1 saturated heterocycles. The maximum absolute atomic E-state index is 13.9. The molecule has 1 amide bonds. The molecule has 4 N–H and O–H groups in total. The Balaban J connectivity index is 1.81. The Morgan fingerprint density at radius 1 is 1.21 bits per heavy atom. The number of phenolic OH excluding ortho intramolecular Hbond substituents is 1. The smallest absolute Gasteiger partial charge is 0.408 e. The first-order valence-electron chi connectivity index (χ1n) is 9.97. The minimum Gasteiger partial charge on any atom is -0.507 e. The number of phenols is 1. The number of likely N-dealkylation sites (tertiary alicyclic amines) is 1. The lowest BCUT2D eigenvalue weighted by atomic mass is 9.98. The summed E-state index contributed by atoms with van der Waals surface area (Å²) in [6, 6.07) is 7.86. The number of carboxylic acid groups (broad SMARTS) is 2. The number of amides is 1. The number of aliphatic carboxylic acids is 1. The fraction of sp³-hybridized carbons (Fsp3) is 0.273. The molecule has 1 aromatic heterocycles. The highest BCUT2D eigenvalue weighted by Gasteiger charge is 2.50. The van der Waals surface area contributed by atoms with Crippen molar-refractivity contribution in [3.8, 4) is 22.9 Å². The van der Waals surface area contributed by atoms with Gasteiger partial charge in [-0.05, 0) is 37.3 Å². The second-order valence-electron chi connectivity index (χ2n) is 7.96. The SMILES string of the molecule is COc1ccc2c(NC3CN(C(=O)O)C(C)(C(=O)O)C3)nc(-c3cc(F)ccc3O)nc2c1. The van der Waals surface area contributed by atoms with Crippen molar-refractivity contribution < 1.29 is 34.0 Å². The van der Waals surface area contributed by atoms with Crippen molar-refractivity contribution in [1.29, 1.82) is 0 Å². The third-order valence-electron chi connectivity index (χ3n) is 5.78. The number of benzene rings is 2. The van der Waals surface area contributed by atoms with Crippen LogP contribution in [-0.4, -0.2) is 67.5 Å². The summed E-state index contributed by atoms with van der Waals surface area (Å²) < 4.78 is 19.1. The Labute approximate surface area is 187 Å². The number of carbonyl (C=O) groups is 2. The van der Waals surface area contributed by atoms with Gasteiger partial charge in [-0.3, -0.25) is 4.90 Å². The maximum Gasteiger partial charge on any atom is 0.408 e. The summed E-state index contributed by atoms with van der Waals surface area (Å²) in [5.41, 5.74) is -1.12. The van der Waals surface area contributed by atoms with E-state index in [0.29, 0.717) is 16.7 Å². The molecule has 0 spiro atoms. The van der Waals surface area contributed by atoms with Crippen molar-refractivity contribution in [3.63, 3.8) is 0 Å². The van der Waals surface area contributed by atoms with Gasteiger partial charge < -0.3 is 25.4 Å². The fourth-order valence-corrected chi connectivity index (χ4v) is 4.01. The van der Waals surface area contributed by atoms with E-state index in [0.717, 1.165) is 17.0 Å². The molecule has 172 valence electrons. The Hall–Kier alpha value is -4.15. The molecule has 2 unspecified atom stereocenters. The molecule has 2 atom stereocenters. The molecule has 4 rings (SSSR count). The van der Waals surface area contributed by atoms with Crippen molar-refractivity contribution >= 4 is 28.8 Å². The molecule has 33 heavy (non-hydrogen) atoms. The van der Waals surface area contributed by atoms with Gasteiger partial charge in [-0.25, -0.2) is 23.9 Å². The number of methoxy groups -OCH3 is 1. The Morgan fingerprint density at radius 2 is 1.97 bits per heavy atom. The molecule has 0 bridgehead atoms. The summed E-state index contributed by atoms with van der Waals surface area (Å²) in [5, 5.41) is 33.0. The first-order chi connectivity index (χ1) is 15.6. The second-order valence-corrected chi connectivity index (χ2v) is 7.96. The van der Waals surface area contributed by atoms with Gasteiger partial charge in [0.1, 0.15) is 28.7 Å². The lowest BCUT2D eigenvalue weighted by Gasteiger charge is -2.27. The van der Waals surface area contributed by atoms with Crippen LogP contribution in [0.4, 0.5) is 15.0 Å². The minimum absolute atomic E-state index is 0.00314. The van der Waals surface area contributed by atoms with Crippen LogP contribution in [0, 0.1) is 5.82 Å². The molecule has 3 aromatic rings. The van der Waals surface area contributed by atoms with E-state index in [1.165, 1.54) is 20.1 Å². The predicted octanol–water partition coefficient (Wildman–Crippen LogP) is 3.16. The zero-order valence-corrected chi connectivity index (χ0v) is 17.7. The lowest BCUT2D eigenvalue weighted by molar-refractivity contribution is -0.147. The van der Waals surface area contributed by atoms with Gasteiger partial charge in [0, 0.05) is 30.5 Å². The molecule has 0 radical (unpaired) electrons. The number of nitrogens with one attached hydrogen (secondary N) is 1. The van der Waals surface area contributed by atoms with Crippen LogP contribution in [0.5, 0.6) is 11.5 Å². The predicted molar refractivity (Wildman–Crippen MR) is 116 cm³/mol. The molecule has 1 aliphatic heterocycles. The molecule has 1 aliphatic rings. The summed E-state index contributed by atoms with van der Waals surface area (Å²) in [6.45, 7) is 1.27. The van der Waals surface area contributed by atoms with Gasteiger partial charge in [0.05, 0.1) is 18.2 Å². The number of fused-ring (bicyclic) bond motifs is 1. The van der Waals surface area contributed by atoms with Gasteiger partial charge >= 0.3 is 12.1 Å². The van der Waals surface area contributed by atoms with Crippen molar-refractivity contribution in [2.75, 3.05) is 19.0 Å². The van der Waals surface area contributed by atoms with Crippen LogP contribution in [0.25, 0.3) is 22.3 Å². The number of hydrogen-bond acceptors (Lipinski definition) is 7. The number of anilines is 1. The second kappa shape index (κ2) is 8.08. The van der Waals surface area contributed by atoms with Gasteiger partial charge in [0.2, 0.25) is 0 Å². The molecule has 0 aliphatic carbocycles. The average Bonchev–Trinajstić information content (AvgIpc) is 3.12. The van der Waals surface area contributed by atoms with Crippen LogP contribution in [0.15, 0.2) is 36.4 Å². The van der Waals surface area contributed by atoms with E-state index in [1.807, 2.05) is 0 Å². The molecule has 2 heterocycles. The number of rotatable bonds is 5. The first kappa shape index (κ1) is 22.1. The number of halogens is 1. The molecule has 0 saturated carbocycles. The van der Waals surface area contributed by atoms with Crippen molar-refractivity contribution in [1.82, 2.24) is 14.9 Å². The van der Waals surface area contributed by atoms with E-state index in [1.54, 1.807) is 18.2 Å². The first-order valence-corrected chi connectivity index (χ1v) is 9.97. The van der Waals surface area contributed by atoms with E-state index in [9.17, 15) is 29.3 Å². The number of ether oxygens (including phenoxy) is 1. The zero-order valence-electron chi connectivity index (χ0n) is 17.7. The summed E-state index contributed by atoms with van der Waals surface area (Å²) in [6.07, 6.45) is -1.34. The van der Waals surface area contributed by atoms with Gasteiger partial charge in [-0.1, -0.05) is 0 Å². The molecular weight excluding hydrogens is 435 g/mol. The normalized spacial score (nSPS) is 20.1.